The van der Waals surface area contributed by atoms with E-state index in [2.05, 4.69) is 18.6 Å². The molecule has 0 radical (unpaired) electrons. The quantitative estimate of drug-likeness (QED) is 0.473. The molecule has 146 valence electrons. The Bertz CT molecular complexity index is 288. The lowest BCUT2D eigenvalue weighted by Gasteiger charge is -2.07. The molecule has 0 aliphatic carbocycles. The van der Waals surface area contributed by atoms with Crippen molar-refractivity contribution >= 4 is 10.0 Å². The van der Waals surface area contributed by atoms with Gasteiger partial charge in [0.1, 0.15) is 0 Å². The maximum absolute atomic E-state index is 11.6. The summed E-state index contributed by atoms with van der Waals surface area (Å²) in [5.41, 5.74) is 0. The predicted octanol–water partition coefficient (Wildman–Crippen LogP) is 4.23. The zero-order chi connectivity index (χ0) is 18.4. The summed E-state index contributed by atoms with van der Waals surface area (Å²) in [7, 11) is -3.12. The van der Waals surface area contributed by atoms with E-state index < -0.39 is 10.0 Å². The molecule has 0 saturated heterocycles. The van der Waals surface area contributed by atoms with Crippen molar-refractivity contribution in [2.75, 3.05) is 38.7 Å². The van der Waals surface area contributed by atoms with E-state index in [1.165, 1.54) is 0 Å². The topological polar surface area (TPSA) is 64.6 Å². The van der Waals surface area contributed by atoms with Gasteiger partial charge in [-0.15, -0.1) is 0 Å². The molecule has 0 aliphatic heterocycles. The third kappa shape index (κ3) is 27.0. The van der Waals surface area contributed by atoms with Crippen LogP contribution in [0.25, 0.3) is 0 Å². The van der Waals surface area contributed by atoms with E-state index in [1.807, 2.05) is 27.7 Å². The van der Waals surface area contributed by atoms with Gasteiger partial charge in [-0.25, -0.2) is 13.1 Å². The molecule has 0 saturated carbocycles. The largest absolute Gasteiger partial charge is 0.379 e. The summed E-state index contributed by atoms with van der Waals surface area (Å²) in [6.45, 7) is 14.7. The van der Waals surface area contributed by atoms with Crippen LogP contribution in [0.1, 0.15) is 75.1 Å². The first-order chi connectivity index (χ1) is 11.1. The van der Waals surface area contributed by atoms with Crippen molar-refractivity contribution in [1.29, 1.82) is 0 Å². The van der Waals surface area contributed by atoms with Crippen LogP contribution >= 0.6 is 0 Å². The van der Waals surface area contributed by atoms with Gasteiger partial charge in [0.05, 0.1) is 25.6 Å². The summed E-state index contributed by atoms with van der Waals surface area (Å²) in [4.78, 5) is 0. The van der Waals surface area contributed by atoms with Crippen LogP contribution in [0, 0.1) is 0 Å². The maximum atomic E-state index is 11.6. The molecular formula is C17H43NO4S. The van der Waals surface area contributed by atoms with Crippen molar-refractivity contribution in [3.63, 3.8) is 0 Å². The van der Waals surface area contributed by atoms with Crippen LogP contribution in [0.3, 0.4) is 0 Å². The second kappa shape index (κ2) is 24.1. The van der Waals surface area contributed by atoms with Gasteiger partial charge >= 0.3 is 0 Å². The average molecular weight is 358 g/mol. The molecule has 0 heterocycles. The van der Waals surface area contributed by atoms with Crippen molar-refractivity contribution in [2.45, 2.75) is 73.6 Å². The number of unbranched alkanes of at least 4 members (excludes halogenated alkanes) is 3. The fraction of sp³-hybridized carbons (Fsp3) is 1.00. The summed E-state index contributed by atoms with van der Waals surface area (Å²) >= 11 is 0. The van der Waals surface area contributed by atoms with Gasteiger partial charge in [-0.05, 0) is 12.8 Å². The average Bonchev–Trinajstić information content (AvgIpc) is 2.58. The highest BCUT2D eigenvalue weighted by molar-refractivity contribution is 7.89. The van der Waals surface area contributed by atoms with Crippen LogP contribution in [0.2, 0.25) is 0 Å². The second-order valence-electron chi connectivity index (χ2n) is 4.50. The van der Waals surface area contributed by atoms with E-state index in [1.54, 1.807) is 0 Å². The monoisotopic (exact) mass is 357 g/mol. The van der Waals surface area contributed by atoms with E-state index in [4.69, 9.17) is 9.47 Å². The lowest BCUT2D eigenvalue weighted by molar-refractivity contribution is 0.0502. The van der Waals surface area contributed by atoms with Gasteiger partial charge < -0.3 is 9.47 Å². The first kappa shape index (κ1) is 27.7. The zero-order valence-corrected chi connectivity index (χ0v) is 17.1. The lowest BCUT2D eigenvalue weighted by atomic mass is 10.2. The Morgan fingerprint density at radius 2 is 1.35 bits per heavy atom. The maximum Gasteiger partial charge on any atom is 0.211 e. The van der Waals surface area contributed by atoms with E-state index in [0.29, 0.717) is 26.4 Å². The minimum Gasteiger partial charge on any atom is -0.379 e. The number of rotatable bonds is 14. The molecule has 5 nitrogen and oxygen atoms in total. The van der Waals surface area contributed by atoms with Crippen LogP contribution in [-0.2, 0) is 19.5 Å². The number of sulfonamides is 1. The van der Waals surface area contributed by atoms with Crippen LogP contribution < -0.4 is 4.72 Å². The number of hydrogen-bond acceptors (Lipinski definition) is 4. The Balaban J connectivity index is -0.000000369. The standard InChI is InChI=1S/C13H29NO4S.2C2H6.H2/c1-3-5-6-7-13-19(15,16)14-8-10-18-12-11-17-9-4-2;2*1-2;/h14H,3-13H2,1-2H3;2*1-2H3;1H. The van der Waals surface area contributed by atoms with Gasteiger partial charge in [0.25, 0.3) is 0 Å². The van der Waals surface area contributed by atoms with E-state index in [9.17, 15) is 8.42 Å². The van der Waals surface area contributed by atoms with Gasteiger partial charge in [0, 0.05) is 14.6 Å². The van der Waals surface area contributed by atoms with Gasteiger partial charge in [0.2, 0.25) is 10.0 Å². The van der Waals surface area contributed by atoms with Crippen molar-refractivity contribution in [3.8, 4) is 0 Å². The van der Waals surface area contributed by atoms with Gasteiger partial charge in [0.15, 0.2) is 0 Å². The van der Waals surface area contributed by atoms with Crippen LogP contribution in [-0.4, -0.2) is 47.1 Å². The summed E-state index contributed by atoms with van der Waals surface area (Å²) in [6, 6.07) is 0. The highest BCUT2D eigenvalue weighted by Crippen LogP contribution is 2.00. The Hall–Kier alpha value is -0.170. The molecule has 0 unspecified atom stereocenters. The SMILES string of the molecule is CC.CC.CCCCCCS(=O)(=O)NCCOCCOCCC.[HH]. The molecule has 0 spiro atoms. The Morgan fingerprint density at radius 3 is 1.87 bits per heavy atom. The fourth-order valence-electron chi connectivity index (χ4n) is 1.53. The molecule has 0 fully saturated rings. The normalized spacial score (nSPS) is 10.3. The third-order valence-electron chi connectivity index (χ3n) is 2.56. The molecule has 0 rings (SSSR count). The van der Waals surface area contributed by atoms with Gasteiger partial charge in [-0.1, -0.05) is 60.8 Å². The predicted molar refractivity (Wildman–Crippen MR) is 103 cm³/mol. The highest BCUT2D eigenvalue weighted by atomic mass is 32.2. The summed E-state index contributed by atoms with van der Waals surface area (Å²) in [5, 5.41) is 0. The number of hydrogen-bond donors (Lipinski definition) is 1. The van der Waals surface area contributed by atoms with E-state index in [0.717, 1.165) is 38.7 Å². The Labute approximate surface area is 147 Å². The molecule has 0 atom stereocenters. The molecule has 0 aromatic carbocycles. The van der Waals surface area contributed by atoms with E-state index >= 15 is 0 Å². The summed E-state index contributed by atoms with van der Waals surface area (Å²) in [6.07, 6.45) is 4.91. The smallest absolute Gasteiger partial charge is 0.211 e. The Morgan fingerprint density at radius 1 is 0.783 bits per heavy atom. The highest BCUT2D eigenvalue weighted by Gasteiger charge is 2.08. The molecule has 1 N–H and O–H groups in total. The molecule has 6 heteroatoms. The first-order valence-electron chi connectivity index (χ1n) is 9.25. The molecule has 0 amide bonds. The lowest BCUT2D eigenvalue weighted by Crippen LogP contribution is -2.30. The zero-order valence-electron chi connectivity index (χ0n) is 16.3. The molecule has 0 aromatic rings. The van der Waals surface area contributed by atoms with Crippen LogP contribution in [0.5, 0.6) is 0 Å². The third-order valence-corrected chi connectivity index (χ3v) is 4.03. The van der Waals surface area contributed by atoms with Crippen molar-refractivity contribution in [3.05, 3.63) is 0 Å². The van der Waals surface area contributed by atoms with Crippen LogP contribution in [0.15, 0.2) is 0 Å². The van der Waals surface area contributed by atoms with Gasteiger partial charge in [-0.2, -0.15) is 0 Å². The number of ether oxygens (including phenoxy) is 2. The number of nitrogens with one attached hydrogen (secondary N) is 1. The summed E-state index contributed by atoms with van der Waals surface area (Å²) < 4.78 is 36.2. The molecule has 0 aliphatic rings. The van der Waals surface area contributed by atoms with Gasteiger partial charge in [-0.3, -0.25) is 0 Å². The second-order valence-corrected chi connectivity index (χ2v) is 6.43. The molecule has 23 heavy (non-hydrogen) atoms. The molecule has 0 bridgehead atoms. The Kier molecular flexibility index (Phi) is 29.0. The van der Waals surface area contributed by atoms with Crippen molar-refractivity contribution < 1.29 is 19.3 Å². The van der Waals surface area contributed by atoms with Crippen LogP contribution in [0.4, 0.5) is 0 Å². The molecule has 0 aromatic heterocycles. The molecular weight excluding hydrogens is 314 g/mol. The van der Waals surface area contributed by atoms with Crippen molar-refractivity contribution in [1.82, 2.24) is 4.72 Å². The fourth-order valence-corrected chi connectivity index (χ4v) is 2.65. The van der Waals surface area contributed by atoms with E-state index in [-0.39, 0.29) is 7.18 Å². The van der Waals surface area contributed by atoms with Crippen molar-refractivity contribution in [2.24, 2.45) is 0 Å². The summed E-state index contributed by atoms with van der Waals surface area (Å²) in [5.74, 6) is 0.215. The minimum absolute atomic E-state index is 0. The first-order valence-corrected chi connectivity index (χ1v) is 10.9. The minimum atomic E-state index is -3.12.